The normalized spacial score (nSPS) is 12.6. The van der Waals surface area contributed by atoms with Gasteiger partial charge in [-0.25, -0.2) is 0 Å². The van der Waals surface area contributed by atoms with Crippen molar-refractivity contribution in [2.75, 3.05) is 18.5 Å². The molecule has 0 saturated heterocycles. The molecule has 1 aliphatic rings. The SMILES string of the molecule is Cc1ncccc1C(=O)Nc1ccc2c(c1)CNCCO2.Cl.Cl. The molecular formula is C16H19Cl2N3O2. The van der Waals surface area contributed by atoms with Crippen LogP contribution in [0, 0.1) is 6.92 Å². The van der Waals surface area contributed by atoms with Crippen molar-refractivity contribution in [2.24, 2.45) is 0 Å². The Balaban J connectivity index is 0.00000132. The van der Waals surface area contributed by atoms with E-state index in [4.69, 9.17) is 4.74 Å². The number of hydrogen-bond acceptors (Lipinski definition) is 4. The van der Waals surface area contributed by atoms with Crippen LogP contribution in [0.4, 0.5) is 5.69 Å². The summed E-state index contributed by atoms with van der Waals surface area (Å²) in [4.78, 5) is 16.4. The zero-order valence-electron chi connectivity index (χ0n) is 12.7. The van der Waals surface area contributed by atoms with E-state index in [0.29, 0.717) is 12.2 Å². The Morgan fingerprint density at radius 2 is 2.13 bits per heavy atom. The molecule has 1 amide bonds. The Morgan fingerprint density at radius 1 is 1.30 bits per heavy atom. The standard InChI is InChI=1S/C16H17N3O2.2ClH/c1-11-14(3-2-6-18-11)16(20)19-13-4-5-15-12(9-13)10-17-7-8-21-15;;/h2-6,9,17H,7-8,10H2,1H3,(H,19,20);2*1H. The predicted octanol–water partition coefficient (Wildman–Crippen LogP) is 2.97. The lowest BCUT2D eigenvalue weighted by Gasteiger charge is -2.11. The van der Waals surface area contributed by atoms with Crippen molar-refractivity contribution in [1.82, 2.24) is 10.3 Å². The van der Waals surface area contributed by atoms with Gasteiger partial charge in [0.2, 0.25) is 0 Å². The van der Waals surface area contributed by atoms with Gasteiger partial charge in [-0.15, -0.1) is 24.8 Å². The Morgan fingerprint density at radius 3 is 2.91 bits per heavy atom. The van der Waals surface area contributed by atoms with E-state index in [1.807, 2.05) is 25.1 Å². The first-order chi connectivity index (χ1) is 10.2. The predicted molar refractivity (Wildman–Crippen MR) is 95.1 cm³/mol. The zero-order valence-corrected chi connectivity index (χ0v) is 14.3. The summed E-state index contributed by atoms with van der Waals surface area (Å²) in [7, 11) is 0. The summed E-state index contributed by atoms with van der Waals surface area (Å²) in [5.74, 6) is 0.721. The van der Waals surface area contributed by atoms with Gasteiger partial charge in [0.1, 0.15) is 12.4 Å². The maximum Gasteiger partial charge on any atom is 0.257 e. The van der Waals surface area contributed by atoms with E-state index >= 15 is 0 Å². The maximum atomic E-state index is 12.3. The van der Waals surface area contributed by atoms with Crippen LogP contribution in [0.5, 0.6) is 5.75 Å². The molecule has 0 bridgehead atoms. The number of nitrogens with one attached hydrogen (secondary N) is 2. The minimum Gasteiger partial charge on any atom is -0.492 e. The summed E-state index contributed by atoms with van der Waals surface area (Å²) in [5.41, 5.74) is 3.11. The molecule has 124 valence electrons. The monoisotopic (exact) mass is 355 g/mol. The van der Waals surface area contributed by atoms with Gasteiger partial charge in [-0.05, 0) is 37.3 Å². The number of rotatable bonds is 2. The van der Waals surface area contributed by atoms with Crippen LogP contribution in [0.1, 0.15) is 21.6 Å². The number of anilines is 1. The number of ether oxygens (including phenoxy) is 1. The summed E-state index contributed by atoms with van der Waals surface area (Å²) in [6, 6.07) is 9.22. The van der Waals surface area contributed by atoms with Gasteiger partial charge in [0.15, 0.2) is 0 Å². The van der Waals surface area contributed by atoms with E-state index < -0.39 is 0 Å². The number of amides is 1. The van der Waals surface area contributed by atoms with Crippen LogP contribution in [0.2, 0.25) is 0 Å². The van der Waals surface area contributed by atoms with E-state index in [-0.39, 0.29) is 30.7 Å². The second-order valence-electron chi connectivity index (χ2n) is 4.94. The third-order valence-electron chi connectivity index (χ3n) is 3.42. The van der Waals surface area contributed by atoms with Crippen molar-refractivity contribution in [3.8, 4) is 5.75 Å². The first kappa shape index (κ1) is 19.2. The molecule has 5 nitrogen and oxygen atoms in total. The Labute approximate surface area is 147 Å². The molecule has 23 heavy (non-hydrogen) atoms. The van der Waals surface area contributed by atoms with Crippen LogP contribution in [0.25, 0.3) is 0 Å². The molecule has 1 aliphatic heterocycles. The molecule has 0 unspecified atom stereocenters. The highest BCUT2D eigenvalue weighted by Crippen LogP contribution is 2.24. The number of fused-ring (bicyclic) bond motifs is 1. The van der Waals surface area contributed by atoms with Gasteiger partial charge >= 0.3 is 0 Å². The van der Waals surface area contributed by atoms with Crippen LogP contribution in [-0.2, 0) is 6.54 Å². The first-order valence-corrected chi connectivity index (χ1v) is 6.93. The number of hydrogen-bond donors (Lipinski definition) is 2. The molecular weight excluding hydrogens is 337 g/mol. The maximum absolute atomic E-state index is 12.3. The van der Waals surface area contributed by atoms with Gasteiger partial charge in [0.05, 0.1) is 5.56 Å². The molecule has 3 rings (SSSR count). The van der Waals surface area contributed by atoms with Crippen LogP contribution in [0.15, 0.2) is 36.5 Å². The largest absolute Gasteiger partial charge is 0.492 e. The zero-order chi connectivity index (χ0) is 14.7. The fraction of sp³-hybridized carbons (Fsp3) is 0.250. The molecule has 0 spiro atoms. The number of nitrogens with zero attached hydrogens (tertiary/aromatic N) is 1. The molecule has 0 fully saturated rings. The average molecular weight is 356 g/mol. The van der Waals surface area contributed by atoms with E-state index in [9.17, 15) is 4.79 Å². The molecule has 1 aromatic carbocycles. The number of carbonyl (C=O) groups excluding carboxylic acids is 1. The highest BCUT2D eigenvalue weighted by Gasteiger charge is 2.12. The van der Waals surface area contributed by atoms with Gasteiger partial charge in [-0.2, -0.15) is 0 Å². The highest BCUT2D eigenvalue weighted by atomic mass is 35.5. The molecule has 1 aromatic heterocycles. The van der Waals surface area contributed by atoms with Crippen LogP contribution >= 0.6 is 24.8 Å². The third-order valence-corrected chi connectivity index (χ3v) is 3.42. The molecule has 2 N–H and O–H groups in total. The van der Waals surface area contributed by atoms with E-state index in [0.717, 1.165) is 35.8 Å². The van der Waals surface area contributed by atoms with Crippen molar-refractivity contribution >= 4 is 36.4 Å². The fourth-order valence-electron chi connectivity index (χ4n) is 2.32. The van der Waals surface area contributed by atoms with Gasteiger partial charge in [0, 0.05) is 36.2 Å². The first-order valence-electron chi connectivity index (χ1n) is 6.93. The lowest BCUT2D eigenvalue weighted by molar-refractivity contribution is 0.102. The van der Waals surface area contributed by atoms with Gasteiger partial charge in [-0.3, -0.25) is 9.78 Å². The molecule has 0 saturated carbocycles. The molecule has 0 aliphatic carbocycles. The van der Waals surface area contributed by atoms with E-state index in [1.54, 1.807) is 18.3 Å². The summed E-state index contributed by atoms with van der Waals surface area (Å²) in [6.45, 7) is 4.05. The Bertz CT molecular complexity index is 680. The second-order valence-corrected chi connectivity index (χ2v) is 4.94. The number of aryl methyl sites for hydroxylation is 1. The molecule has 2 heterocycles. The number of halogens is 2. The molecule has 7 heteroatoms. The summed E-state index contributed by atoms with van der Waals surface area (Å²) >= 11 is 0. The van der Waals surface area contributed by atoms with Gasteiger partial charge < -0.3 is 15.4 Å². The lowest BCUT2D eigenvalue weighted by atomic mass is 10.1. The summed E-state index contributed by atoms with van der Waals surface area (Å²) in [5, 5.41) is 6.18. The van der Waals surface area contributed by atoms with Crippen LogP contribution in [0.3, 0.4) is 0 Å². The average Bonchev–Trinajstić information content (AvgIpc) is 2.72. The third kappa shape index (κ3) is 4.58. The quantitative estimate of drug-likeness (QED) is 0.869. The van der Waals surface area contributed by atoms with Crippen molar-refractivity contribution in [3.05, 3.63) is 53.3 Å². The van der Waals surface area contributed by atoms with Crippen LogP contribution < -0.4 is 15.4 Å². The Hall–Kier alpha value is -1.82. The van der Waals surface area contributed by atoms with Crippen molar-refractivity contribution < 1.29 is 9.53 Å². The van der Waals surface area contributed by atoms with Crippen LogP contribution in [-0.4, -0.2) is 24.0 Å². The summed E-state index contributed by atoms with van der Waals surface area (Å²) in [6.07, 6.45) is 1.68. The van der Waals surface area contributed by atoms with Gasteiger partial charge in [-0.1, -0.05) is 0 Å². The number of pyridine rings is 1. The second kappa shape index (κ2) is 8.72. The van der Waals surface area contributed by atoms with Crippen molar-refractivity contribution in [2.45, 2.75) is 13.5 Å². The van der Waals surface area contributed by atoms with E-state index in [1.165, 1.54) is 0 Å². The molecule has 0 radical (unpaired) electrons. The number of carbonyl (C=O) groups is 1. The lowest BCUT2D eigenvalue weighted by Crippen LogP contribution is -2.16. The fourth-order valence-corrected chi connectivity index (χ4v) is 2.32. The number of benzene rings is 1. The molecule has 2 aromatic rings. The topological polar surface area (TPSA) is 63.2 Å². The Kier molecular flexibility index (Phi) is 7.29. The number of aromatic nitrogens is 1. The smallest absolute Gasteiger partial charge is 0.257 e. The molecule has 0 atom stereocenters. The minimum absolute atomic E-state index is 0. The summed E-state index contributed by atoms with van der Waals surface area (Å²) < 4.78 is 5.63. The van der Waals surface area contributed by atoms with E-state index in [2.05, 4.69) is 15.6 Å². The highest BCUT2D eigenvalue weighted by molar-refractivity contribution is 6.05. The van der Waals surface area contributed by atoms with Crippen molar-refractivity contribution in [1.29, 1.82) is 0 Å². The van der Waals surface area contributed by atoms with Gasteiger partial charge in [0.25, 0.3) is 5.91 Å². The minimum atomic E-state index is -0.150. The van der Waals surface area contributed by atoms with Crippen molar-refractivity contribution in [3.63, 3.8) is 0 Å².